The second-order valence-corrected chi connectivity index (χ2v) is 5.97. The normalized spacial score (nSPS) is 12.6. The number of carbonyl (C=O) groups excluding carboxylic acids is 1. The van der Waals surface area contributed by atoms with Crippen molar-refractivity contribution in [3.8, 4) is 0 Å². The van der Waals surface area contributed by atoms with Crippen LogP contribution in [-0.2, 0) is 9.59 Å². The lowest BCUT2D eigenvalue weighted by atomic mass is 10.1. The predicted octanol–water partition coefficient (Wildman–Crippen LogP) is 4.26. The fraction of sp³-hybridized carbons (Fsp3) is 0.778. The molecule has 0 aliphatic carbocycles. The number of Topliss-reactive ketones (excluding diaryl/α,β-unsaturated/α-hetero) is 1. The molecule has 0 saturated heterocycles. The highest BCUT2D eigenvalue weighted by Gasteiger charge is 2.11. The van der Waals surface area contributed by atoms with Gasteiger partial charge in [-0.3, -0.25) is 0 Å². The molecule has 0 aromatic carbocycles. The highest BCUT2D eigenvalue weighted by atomic mass is 16.4. The van der Waals surface area contributed by atoms with Gasteiger partial charge in [0, 0.05) is 6.42 Å². The second kappa shape index (κ2) is 14.8. The van der Waals surface area contributed by atoms with E-state index in [1.165, 1.54) is 12.8 Å². The molecule has 0 heterocycles. The minimum absolute atomic E-state index is 0.289. The zero-order valence-electron chi connectivity index (χ0n) is 13.9. The number of carboxylic acid groups (broad SMARTS) is 1. The molecule has 0 radical (unpaired) electrons. The van der Waals surface area contributed by atoms with Gasteiger partial charge >= 0.3 is 5.97 Å². The van der Waals surface area contributed by atoms with Crippen molar-refractivity contribution < 1.29 is 19.8 Å². The van der Waals surface area contributed by atoms with Crippen molar-refractivity contribution in [1.29, 1.82) is 0 Å². The molecule has 0 fully saturated rings. The van der Waals surface area contributed by atoms with Crippen molar-refractivity contribution in [2.45, 2.75) is 90.1 Å². The number of allylic oxidation sites excluding steroid dienone is 2. The van der Waals surface area contributed by atoms with Crippen LogP contribution in [0.15, 0.2) is 12.2 Å². The first-order valence-corrected chi connectivity index (χ1v) is 8.59. The molecule has 4 nitrogen and oxygen atoms in total. The number of hydrogen-bond donors (Lipinski definition) is 2. The highest BCUT2D eigenvalue weighted by molar-refractivity contribution is 5.75. The van der Waals surface area contributed by atoms with Gasteiger partial charge in [0.25, 0.3) is 0 Å². The molecule has 22 heavy (non-hydrogen) atoms. The Morgan fingerprint density at radius 3 is 1.86 bits per heavy atom. The quantitative estimate of drug-likeness (QED) is 0.350. The number of rotatable bonds is 15. The average Bonchev–Trinajstić information content (AvgIpc) is 2.46. The summed E-state index contributed by atoms with van der Waals surface area (Å²) in [7, 11) is 0. The van der Waals surface area contributed by atoms with Crippen LogP contribution in [0.3, 0.4) is 0 Å². The number of aliphatic hydroxyl groups excluding tert-OH is 1. The maximum absolute atomic E-state index is 10.8. The molecule has 0 aromatic rings. The number of ketones is 1. The zero-order valence-corrected chi connectivity index (χ0v) is 13.9. The Balaban J connectivity index is 3.21. The molecule has 0 saturated carbocycles. The van der Waals surface area contributed by atoms with E-state index >= 15 is 0 Å². The van der Waals surface area contributed by atoms with E-state index in [4.69, 9.17) is 10.2 Å². The van der Waals surface area contributed by atoms with Crippen LogP contribution in [0.5, 0.6) is 0 Å². The summed E-state index contributed by atoms with van der Waals surface area (Å²) in [6.07, 6.45) is 15.1. The third-order valence-corrected chi connectivity index (χ3v) is 3.70. The molecule has 128 valence electrons. The van der Waals surface area contributed by atoms with Crippen LogP contribution in [0.2, 0.25) is 0 Å². The standard InChI is InChI=1S/C18H32O4/c1-16(19)14-12-10-8-6-4-2-3-5-7-9-11-13-15-17(20)18(21)22/h2-3,17,20H,4-15H2,1H3,(H,21,22). The molecular formula is C18H32O4. The average molecular weight is 312 g/mol. The molecule has 2 N–H and O–H groups in total. The number of carboxylic acids is 1. The van der Waals surface area contributed by atoms with Gasteiger partial charge in [0.2, 0.25) is 0 Å². The first kappa shape index (κ1) is 20.8. The molecule has 0 aliphatic heterocycles. The summed E-state index contributed by atoms with van der Waals surface area (Å²) in [6, 6.07) is 0. The molecule has 0 aliphatic rings. The van der Waals surface area contributed by atoms with Crippen molar-refractivity contribution in [2.75, 3.05) is 0 Å². The maximum atomic E-state index is 10.8. The SMILES string of the molecule is CC(=O)CCCCCCC=CCCCCCCC(O)C(=O)O. The number of unbranched alkanes of at least 4 members (excludes halogenated alkanes) is 8. The summed E-state index contributed by atoms with van der Waals surface area (Å²) in [4.78, 5) is 21.2. The third-order valence-electron chi connectivity index (χ3n) is 3.70. The minimum Gasteiger partial charge on any atom is -0.479 e. The molecule has 0 aromatic heterocycles. The van der Waals surface area contributed by atoms with E-state index in [1.807, 2.05) is 0 Å². The minimum atomic E-state index is -1.20. The van der Waals surface area contributed by atoms with Crippen LogP contribution in [0.25, 0.3) is 0 Å². The van der Waals surface area contributed by atoms with Crippen LogP contribution < -0.4 is 0 Å². The molecule has 1 atom stereocenters. The van der Waals surface area contributed by atoms with Gasteiger partial charge < -0.3 is 15.0 Å². The van der Waals surface area contributed by atoms with Crippen molar-refractivity contribution in [2.24, 2.45) is 0 Å². The fourth-order valence-corrected chi connectivity index (χ4v) is 2.30. The van der Waals surface area contributed by atoms with E-state index in [-0.39, 0.29) is 5.78 Å². The van der Waals surface area contributed by atoms with E-state index in [2.05, 4.69) is 12.2 Å². The van der Waals surface area contributed by atoms with Gasteiger partial charge in [-0.25, -0.2) is 4.79 Å². The summed E-state index contributed by atoms with van der Waals surface area (Å²) in [6.45, 7) is 1.65. The Kier molecular flexibility index (Phi) is 14.0. The Labute approximate surface area is 134 Å². The Hall–Kier alpha value is -1.16. The third kappa shape index (κ3) is 15.2. The second-order valence-electron chi connectivity index (χ2n) is 5.97. The van der Waals surface area contributed by atoms with Crippen LogP contribution in [-0.4, -0.2) is 28.1 Å². The summed E-state index contributed by atoms with van der Waals surface area (Å²) in [5.41, 5.74) is 0. The lowest BCUT2D eigenvalue weighted by Crippen LogP contribution is -2.18. The van der Waals surface area contributed by atoms with E-state index in [1.54, 1.807) is 6.92 Å². The molecule has 4 heteroatoms. The van der Waals surface area contributed by atoms with Gasteiger partial charge in [0.1, 0.15) is 5.78 Å². The number of aliphatic hydroxyl groups is 1. The molecule has 1 unspecified atom stereocenters. The van der Waals surface area contributed by atoms with Crippen LogP contribution in [0.1, 0.15) is 84.0 Å². The first-order chi connectivity index (χ1) is 10.5. The van der Waals surface area contributed by atoms with Crippen molar-refractivity contribution in [1.82, 2.24) is 0 Å². The van der Waals surface area contributed by atoms with Gasteiger partial charge in [-0.05, 0) is 45.4 Å². The molecular weight excluding hydrogens is 280 g/mol. The predicted molar refractivity (Wildman–Crippen MR) is 88.9 cm³/mol. The summed E-state index contributed by atoms with van der Waals surface area (Å²) < 4.78 is 0. The fourth-order valence-electron chi connectivity index (χ4n) is 2.30. The topological polar surface area (TPSA) is 74.6 Å². The number of hydrogen-bond acceptors (Lipinski definition) is 3. The summed E-state index contributed by atoms with van der Waals surface area (Å²) in [5.74, 6) is -0.832. The first-order valence-electron chi connectivity index (χ1n) is 8.59. The van der Waals surface area contributed by atoms with Gasteiger partial charge in [0.15, 0.2) is 6.10 Å². The number of carbonyl (C=O) groups is 2. The largest absolute Gasteiger partial charge is 0.479 e. The van der Waals surface area contributed by atoms with Gasteiger partial charge in [0.05, 0.1) is 0 Å². The van der Waals surface area contributed by atoms with Gasteiger partial charge in [-0.15, -0.1) is 0 Å². The van der Waals surface area contributed by atoms with Crippen molar-refractivity contribution in [3.05, 3.63) is 12.2 Å². The lowest BCUT2D eigenvalue weighted by Gasteiger charge is -2.04. The Morgan fingerprint density at radius 1 is 0.864 bits per heavy atom. The van der Waals surface area contributed by atoms with E-state index < -0.39 is 12.1 Å². The summed E-state index contributed by atoms with van der Waals surface area (Å²) in [5, 5.41) is 17.6. The van der Waals surface area contributed by atoms with Crippen molar-refractivity contribution in [3.63, 3.8) is 0 Å². The molecule has 0 amide bonds. The molecule has 0 bridgehead atoms. The smallest absolute Gasteiger partial charge is 0.332 e. The zero-order chi connectivity index (χ0) is 16.6. The Bertz CT molecular complexity index is 323. The van der Waals surface area contributed by atoms with Gasteiger partial charge in [-0.2, -0.15) is 0 Å². The number of aliphatic carboxylic acids is 1. The van der Waals surface area contributed by atoms with E-state index in [9.17, 15) is 9.59 Å². The lowest BCUT2D eigenvalue weighted by molar-refractivity contribution is -0.147. The van der Waals surface area contributed by atoms with E-state index in [0.29, 0.717) is 6.42 Å². The van der Waals surface area contributed by atoms with Crippen LogP contribution in [0.4, 0.5) is 0 Å². The van der Waals surface area contributed by atoms with Crippen LogP contribution in [0, 0.1) is 0 Å². The monoisotopic (exact) mass is 312 g/mol. The van der Waals surface area contributed by atoms with Gasteiger partial charge in [-0.1, -0.05) is 44.3 Å². The molecule has 0 spiro atoms. The van der Waals surface area contributed by atoms with Crippen LogP contribution >= 0.6 is 0 Å². The maximum Gasteiger partial charge on any atom is 0.332 e. The Morgan fingerprint density at radius 2 is 1.36 bits per heavy atom. The van der Waals surface area contributed by atoms with E-state index in [0.717, 1.165) is 57.8 Å². The molecule has 0 rings (SSSR count). The summed E-state index contributed by atoms with van der Waals surface area (Å²) >= 11 is 0. The van der Waals surface area contributed by atoms with Crippen molar-refractivity contribution >= 4 is 11.8 Å². The highest BCUT2D eigenvalue weighted by Crippen LogP contribution is 2.09.